The molecule has 0 amide bonds. The molecule has 1 N–H and O–H groups in total. The minimum atomic E-state index is -3.77. The number of benzene rings is 1. The van der Waals surface area contributed by atoms with Gasteiger partial charge in [0, 0.05) is 0 Å². The number of hydrogen-bond acceptors (Lipinski definition) is 4. The molecule has 0 heterocycles. The molecule has 0 spiro atoms. The maximum Gasteiger partial charge on any atom is 0.297 e. The lowest BCUT2D eigenvalue weighted by atomic mass is 10.1. The SMILES string of the molecule is CCCCCCCC[C@@H](O)COS(=O)(=O)c1ccc(C)cc1. The molecule has 22 heavy (non-hydrogen) atoms. The Hall–Kier alpha value is -0.910. The summed E-state index contributed by atoms with van der Waals surface area (Å²) in [5.74, 6) is 0. The molecule has 126 valence electrons. The predicted octanol–water partition coefficient (Wildman–Crippen LogP) is 3.81. The minimum Gasteiger partial charge on any atom is -0.391 e. The highest BCUT2D eigenvalue weighted by Gasteiger charge is 2.17. The van der Waals surface area contributed by atoms with E-state index < -0.39 is 16.2 Å². The Morgan fingerprint density at radius 3 is 2.27 bits per heavy atom. The molecule has 4 nitrogen and oxygen atoms in total. The third-order valence-electron chi connectivity index (χ3n) is 3.62. The maximum absolute atomic E-state index is 12.0. The Labute approximate surface area is 134 Å². The number of rotatable bonds is 11. The van der Waals surface area contributed by atoms with Crippen LogP contribution in [0.25, 0.3) is 0 Å². The van der Waals surface area contributed by atoms with Crippen LogP contribution in [0.2, 0.25) is 0 Å². The van der Waals surface area contributed by atoms with Crippen LogP contribution < -0.4 is 0 Å². The molecule has 0 fully saturated rings. The van der Waals surface area contributed by atoms with E-state index in [0.29, 0.717) is 6.42 Å². The van der Waals surface area contributed by atoms with Gasteiger partial charge in [-0.2, -0.15) is 8.42 Å². The summed E-state index contributed by atoms with van der Waals surface area (Å²) < 4.78 is 28.9. The first-order valence-corrected chi connectivity index (χ1v) is 9.50. The van der Waals surface area contributed by atoms with Crippen molar-refractivity contribution in [3.63, 3.8) is 0 Å². The largest absolute Gasteiger partial charge is 0.391 e. The second kappa shape index (κ2) is 9.98. The lowest BCUT2D eigenvalue weighted by molar-refractivity contribution is 0.100. The van der Waals surface area contributed by atoms with Crippen molar-refractivity contribution >= 4 is 10.1 Å². The van der Waals surface area contributed by atoms with Gasteiger partial charge in [-0.05, 0) is 25.5 Å². The van der Waals surface area contributed by atoms with E-state index in [-0.39, 0.29) is 11.5 Å². The lowest BCUT2D eigenvalue weighted by Crippen LogP contribution is -2.19. The molecule has 0 bridgehead atoms. The highest BCUT2D eigenvalue weighted by molar-refractivity contribution is 7.86. The van der Waals surface area contributed by atoms with Crippen LogP contribution in [0.15, 0.2) is 29.2 Å². The highest BCUT2D eigenvalue weighted by atomic mass is 32.2. The Morgan fingerprint density at radius 1 is 1.05 bits per heavy atom. The second-order valence-electron chi connectivity index (χ2n) is 5.76. The van der Waals surface area contributed by atoms with Gasteiger partial charge in [-0.3, -0.25) is 4.18 Å². The number of hydrogen-bond donors (Lipinski definition) is 1. The van der Waals surface area contributed by atoms with Crippen molar-refractivity contribution in [1.82, 2.24) is 0 Å². The van der Waals surface area contributed by atoms with Crippen LogP contribution in [-0.4, -0.2) is 26.2 Å². The van der Waals surface area contributed by atoms with E-state index in [1.54, 1.807) is 12.1 Å². The van der Waals surface area contributed by atoms with Crippen LogP contribution in [0.1, 0.15) is 57.4 Å². The van der Waals surface area contributed by atoms with Crippen molar-refractivity contribution in [1.29, 1.82) is 0 Å². The smallest absolute Gasteiger partial charge is 0.297 e. The van der Waals surface area contributed by atoms with E-state index in [9.17, 15) is 13.5 Å². The van der Waals surface area contributed by atoms with Gasteiger partial charge in [-0.15, -0.1) is 0 Å². The molecule has 0 radical (unpaired) electrons. The summed E-state index contributed by atoms with van der Waals surface area (Å²) >= 11 is 0. The summed E-state index contributed by atoms with van der Waals surface area (Å²) in [6, 6.07) is 6.49. The molecule has 0 aromatic heterocycles. The number of unbranched alkanes of at least 4 members (excludes halogenated alkanes) is 5. The van der Waals surface area contributed by atoms with Crippen molar-refractivity contribution in [3.05, 3.63) is 29.8 Å². The Bertz CT molecular complexity index is 508. The maximum atomic E-state index is 12.0. The molecule has 1 atom stereocenters. The third kappa shape index (κ3) is 7.38. The summed E-state index contributed by atoms with van der Waals surface area (Å²) in [6.45, 7) is 3.89. The van der Waals surface area contributed by atoms with Gasteiger partial charge in [-0.25, -0.2) is 0 Å². The fourth-order valence-corrected chi connectivity index (χ4v) is 3.13. The molecular formula is C17H28O4S. The third-order valence-corrected chi connectivity index (χ3v) is 4.91. The van der Waals surface area contributed by atoms with Crippen LogP contribution >= 0.6 is 0 Å². The van der Waals surface area contributed by atoms with Gasteiger partial charge in [0.25, 0.3) is 10.1 Å². The standard InChI is InChI=1S/C17H28O4S/c1-3-4-5-6-7-8-9-16(18)14-21-22(19,20)17-12-10-15(2)11-13-17/h10-13,16,18H,3-9,14H2,1-2H3/t16-/m1/s1. The summed E-state index contributed by atoms with van der Waals surface area (Å²) in [5, 5.41) is 9.82. The number of aliphatic hydroxyl groups excluding tert-OH is 1. The number of aliphatic hydroxyl groups is 1. The first-order chi connectivity index (χ1) is 10.5. The molecule has 0 aliphatic heterocycles. The van der Waals surface area contributed by atoms with Gasteiger partial charge in [0.05, 0.1) is 17.6 Å². The monoisotopic (exact) mass is 328 g/mol. The fourth-order valence-electron chi connectivity index (χ4n) is 2.18. The molecule has 1 aromatic rings. The molecular weight excluding hydrogens is 300 g/mol. The van der Waals surface area contributed by atoms with E-state index in [4.69, 9.17) is 4.18 Å². The summed E-state index contributed by atoms with van der Waals surface area (Å²) in [6.07, 6.45) is 6.68. The summed E-state index contributed by atoms with van der Waals surface area (Å²) in [4.78, 5) is 0.130. The molecule has 1 rings (SSSR count). The molecule has 0 saturated heterocycles. The summed E-state index contributed by atoms with van der Waals surface area (Å²) in [5.41, 5.74) is 0.988. The molecule has 0 unspecified atom stereocenters. The van der Waals surface area contributed by atoms with Crippen molar-refractivity contribution in [2.24, 2.45) is 0 Å². The van der Waals surface area contributed by atoms with Crippen molar-refractivity contribution in [2.75, 3.05) is 6.61 Å². The van der Waals surface area contributed by atoms with Crippen LogP contribution in [0.3, 0.4) is 0 Å². The number of aryl methyl sites for hydroxylation is 1. The van der Waals surface area contributed by atoms with Gasteiger partial charge in [0.1, 0.15) is 0 Å². The van der Waals surface area contributed by atoms with E-state index in [1.807, 2.05) is 6.92 Å². The zero-order valence-corrected chi connectivity index (χ0v) is 14.4. The van der Waals surface area contributed by atoms with Crippen LogP contribution in [0, 0.1) is 6.92 Å². The van der Waals surface area contributed by atoms with Gasteiger partial charge >= 0.3 is 0 Å². The normalized spacial score (nSPS) is 13.2. The van der Waals surface area contributed by atoms with E-state index >= 15 is 0 Å². The molecule has 0 saturated carbocycles. The predicted molar refractivity (Wildman–Crippen MR) is 88.3 cm³/mol. The zero-order chi connectivity index (χ0) is 16.4. The zero-order valence-electron chi connectivity index (χ0n) is 13.6. The Balaban J connectivity index is 2.28. The van der Waals surface area contributed by atoms with E-state index in [0.717, 1.165) is 18.4 Å². The van der Waals surface area contributed by atoms with Crippen molar-refractivity contribution in [3.8, 4) is 0 Å². The van der Waals surface area contributed by atoms with Crippen LogP contribution in [0.4, 0.5) is 0 Å². The molecule has 0 aliphatic rings. The minimum absolute atomic E-state index is 0.130. The van der Waals surface area contributed by atoms with E-state index in [2.05, 4.69) is 6.92 Å². The topological polar surface area (TPSA) is 63.6 Å². The first-order valence-electron chi connectivity index (χ1n) is 8.10. The first kappa shape index (κ1) is 19.1. The molecule has 0 aliphatic carbocycles. The molecule has 1 aromatic carbocycles. The lowest BCUT2D eigenvalue weighted by Gasteiger charge is -2.11. The summed E-state index contributed by atoms with van der Waals surface area (Å²) in [7, 11) is -3.77. The van der Waals surface area contributed by atoms with Gasteiger partial charge in [-0.1, -0.05) is 63.1 Å². The van der Waals surface area contributed by atoms with Crippen molar-refractivity contribution in [2.45, 2.75) is 69.8 Å². The Morgan fingerprint density at radius 2 is 1.64 bits per heavy atom. The quantitative estimate of drug-likeness (QED) is 0.495. The van der Waals surface area contributed by atoms with Crippen LogP contribution in [-0.2, 0) is 14.3 Å². The van der Waals surface area contributed by atoms with Gasteiger partial charge < -0.3 is 5.11 Å². The van der Waals surface area contributed by atoms with E-state index in [1.165, 1.54) is 37.8 Å². The fraction of sp³-hybridized carbons (Fsp3) is 0.647. The van der Waals surface area contributed by atoms with Gasteiger partial charge in [0.15, 0.2) is 0 Å². The average Bonchev–Trinajstić information content (AvgIpc) is 2.49. The Kier molecular flexibility index (Phi) is 8.68. The highest BCUT2D eigenvalue weighted by Crippen LogP contribution is 2.15. The van der Waals surface area contributed by atoms with Crippen LogP contribution in [0.5, 0.6) is 0 Å². The van der Waals surface area contributed by atoms with Crippen molar-refractivity contribution < 1.29 is 17.7 Å². The molecule has 5 heteroatoms. The average molecular weight is 328 g/mol. The second-order valence-corrected chi connectivity index (χ2v) is 7.38. The van der Waals surface area contributed by atoms with Gasteiger partial charge in [0.2, 0.25) is 0 Å².